The Balaban J connectivity index is 2.43. The van der Waals surface area contributed by atoms with Crippen molar-refractivity contribution >= 4 is 17.5 Å². The van der Waals surface area contributed by atoms with Crippen LogP contribution in [0.4, 0.5) is 0 Å². The molecule has 100 valence electrons. The molecular formula is C13H15N3O2S. The van der Waals surface area contributed by atoms with Crippen LogP contribution in [0.2, 0.25) is 0 Å². The molecule has 5 nitrogen and oxygen atoms in total. The molecule has 1 aromatic heterocycles. The van der Waals surface area contributed by atoms with E-state index in [1.165, 1.54) is 11.8 Å². The van der Waals surface area contributed by atoms with Gasteiger partial charge in [-0.05, 0) is 26.0 Å². The summed E-state index contributed by atoms with van der Waals surface area (Å²) in [5, 5.41) is 8.87. The summed E-state index contributed by atoms with van der Waals surface area (Å²) in [4.78, 5) is 11.1. The lowest BCUT2D eigenvalue weighted by atomic mass is 10.3. The first-order valence-electron chi connectivity index (χ1n) is 5.81. The molecule has 0 saturated carbocycles. The van der Waals surface area contributed by atoms with E-state index in [1.807, 2.05) is 35.8 Å². The fourth-order valence-electron chi connectivity index (χ4n) is 1.69. The monoisotopic (exact) mass is 277 g/mol. The number of carbonyl (C=O) groups excluding carboxylic acids is 1. The molecule has 0 amide bonds. The quantitative estimate of drug-likeness (QED) is 0.785. The third-order valence-corrected chi connectivity index (χ3v) is 3.60. The third-order valence-electron chi connectivity index (χ3n) is 2.53. The highest BCUT2D eigenvalue weighted by Crippen LogP contribution is 2.28. The highest BCUT2D eigenvalue weighted by molar-refractivity contribution is 7.99. The lowest BCUT2D eigenvalue weighted by Crippen LogP contribution is -2.03. The predicted octanol–water partition coefficient (Wildman–Crippen LogP) is 2.27. The molecular weight excluding hydrogens is 262 g/mol. The van der Waals surface area contributed by atoms with Crippen LogP contribution in [-0.4, -0.2) is 33.4 Å². The average Bonchev–Trinajstić information content (AvgIpc) is 2.77. The topological polar surface area (TPSA) is 57.0 Å². The standard InChI is InChI=1S/C13H15N3O2S/c1-9(17)8-19-13-15-14-10(2)16(13)11-6-4-5-7-12(11)18-3/h4-7H,8H2,1-3H3. The molecule has 0 aliphatic heterocycles. The van der Waals surface area contributed by atoms with Crippen molar-refractivity contribution < 1.29 is 9.53 Å². The molecule has 0 saturated heterocycles. The number of ketones is 1. The SMILES string of the molecule is COc1ccccc1-n1c(C)nnc1SCC(C)=O. The van der Waals surface area contributed by atoms with Crippen LogP contribution in [0, 0.1) is 6.92 Å². The first kappa shape index (κ1) is 13.6. The fourth-order valence-corrected chi connectivity index (χ4v) is 2.48. The summed E-state index contributed by atoms with van der Waals surface area (Å²) in [5.41, 5.74) is 0.874. The highest BCUT2D eigenvalue weighted by atomic mass is 32.2. The molecule has 0 bridgehead atoms. The molecule has 0 aliphatic carbocycles. The second-order valence-electron chi connectivity index (χ2n) is 4.03. The minimum atomic E-state index is 0.109. The number of aryl methyl sites for hydroxylation is 1. The summed E-state index contributed by atoms with van der Waals surface area (Å²) in [5.74, 6) is 2.00. The van der Waals surface area contributed by atoms with Crippen LogP contribution in [-0.2, 0) is 4.79 Å². The zero-order valence-electron chi connectivity index (χ0n) is 11.1. The van der Waals surface area contributed by atoms with Crippen molar-refractivity contribution in [1.29, 1.82) is 0 Å². The van der Waals surface area contributed by atoms with Gasteiger partial charge in [-0.25, -0.2) is 0 Å². The number of para-hydroxylation sites is 2. The van der Waals surface area contributed by atoms with Crippen LogP contribution >= 0.6 is 11.8 Å². The van der Waals surface area contributed by atoms with Gasteiger partial charge >= 0.3 is 0 Å². The van der Waals surface area contributed by atoms with Crippen molar-refractivity contribution in [1.82, 2.24) is 14.8 Å². The molecule has 0 atom stereocenters. The zero-order chi connectivity index (χ0) is 13.8. The third kappa shape index (κ3) is 2.96. The number of ether oxygens (including phenoxy) is 1. The Kier molecular flexibility index (Phi) is 4.21. The lowest BCUT2D eigenvalue weighted by molar-refractivity contribution is -0.114. The predicted molar refractivity (Wildman–Crippen MR) is 74.1 cm³/mol. The van der Waals surface area contributed by atoms with Crippen molar-refractivity contribution in [3.8, 4) is 11.4 Å². The molecule has 2 rings (SSSR count). The van der Waals surface area contributed by atoms with Gasteiger partial charge in [-0.3, -0.25) is 9.36 Å². The molecule has 1 heterocycles. The van der Waals surface area contributed by atoms with E-state index in [4.69, 9.17) is 4.74 Å². The van der Waals surface area contributed by atoms with Gasteiger partial charge in [0.2, 0.25) is 0 Å². The maximum Gasteiger partial charge on any atom is 0.196 e. The number of hydrogen-bond donors (Lipinski definition) is 0. The molecule has 0 radical (unpaired) electrons. The molecule has 1 aromatic carbocycles. The first-order valence-corrected chi connectivity index (χ1v) is 6.79. The number of rotatable bonds is 5. The van der Waals surface area contributed by atoms with Gasteiger partial charge in [0.1, 0.15) is 17.4 Å². The number of methoxy groups -OCH3 is 1. The average molecular weight is 277 g/mol. The van der Waals surface area contributed by atoms with E-state index in [-0.39, 0.29) is 5.78 Å². The van der Waals surface area contributed by atoms with E-state index in [0.29, 0.717) is 10.9 Å². The number of carbonyl (C=O) groups is 1. The largest absolute Gasteiger partial charge is 0.495 e. The van der Waals surface area contributed by atoms with E-state index in [2.05, 4.69) is 10.2 Å². The molecule has 0 aliphatic rings. The number of nitrogens with zero attached hydrogens (tertiary/aromatic N) is 3. The summed E-state index contributed by atoms with van der Waals surface area (Å²) in [6.07, 6.45) is 0. The van der Waals surface area contributed by atoms with E-state index in [1.54, 1.807) is 14.0 Å². The van der Waals surface area contributed by atoms with E-state index in [0.717, 1.165) is 17.3 Å². The van der Waals surface area contributed by atoms with Crippen LogP contribution in [0.5, 0.6) is 5.75 Å². The fraction of sp³-hybridized carbons (Fsp3) is 0.308. The Morgan fingerprint density at radius 2 is 2.11 bits per heavy atom. The van der Waals surface area contributed by atoms with Crippen molar-refractivity contribution in [2.45, 2.75) is 19.0 Å². The summed E-state index contributed by atoms with van der Waals surface area (Å²) in [6, 6.07) is 7.66. The number of Topliss-reactive ketones (excluding diaryl/α,β-unsaturated/α-hetero) is 1. The molecule has 0 spiro atoms. The molecule has 0 unspecified atom stereocenters. The minimum Gasteiger partial charge on any atom is -0.495 e. The Morgan fingerprint density at radius 3 is 2.79 bits per heavy atom. The summed E-state index contributed by atoms with van der Waals surface area (Å²) >= 11 is 1.37. The van der Waals surface area contributed by atoms with Gasteiger partial charge in [0.25, 0.3) is 0 Å². The molecule has 0 N–H and O–H groups in total. The molecule has 6 heteroatoms. The van der Waals surface area contributed by atoms with Gasteiger partial charge in [-0.15, -0.1) is 10.2 Å². The molecule has 19 heavy (non-hydrogen) atoms. The molecule has 2 aromatic rings. The van der Waals surface area contributed by atoms with Crippen LogP contribution in [0.1, 0.15) is 12.7 Å². The second kappa shape index (κ2) is 5.88. The Hall–Kier alpha value is -1.82. The maximum absolute atomic E-state index is 11.1. The van der Waals surface area contributed by atoms with Gasteiger partial charge < -0.3 is 4.74 Å². The normalized spacial score (nSPS) is 10.5. The number of hydrogen-bond acceptors (Lipinski definition) is 5. The van der Waals surface area contributed by atoms with Gasteiger partial charge in [0.05, 0.1) is 18.6 Å². The summed E-state index contributed by atoms with van der Waals surface area (Å²) in [7, 11) is 1.63. The second-order valence-corrected chi connectivity index (χ2v) is 4.97. The van der Waals surface area contributed by atoms with E-state index < -0.39 is 0 Å². The smallest absolute Gasteiger partial charge is 0.196 e. The van der Waals surface area contributed by atoms with Crippen molar-refractivity contribution in [3.05, 3.63) is 30.1 Å². The van der Waals surface area contributed by atoms with Gasteiger partial charge in [-0.2, -0.15) is 0 Å². The Bertz CT molecular complexity index is 595. The maximum atomic E-state index is 11.1. The highest BCUT2D eigenvalue weighted by Gasteiger charge is 2.15. The van der Waals surface area contributed by atoms with Crippen molar-refractivity contribution in [3.63, 3.8) is 0 Å². The van der Waals surface area contributed by atoms with Crippen LogP contribution in [0.25, 0.3) is 5.69 Å². The van der Waals surface area contributed by atoms with Crippen molar-refractivity contribution in [2.75, 3.05) is 12.9 Å². The summed E-state index contributed by atoms with van der Waals surface area (Å²) in [6.45, 7) is 3.43. The van der Waals surface area contributed by atoms with E-state index >= 15 is 0 Å². The Labute approximate surface area is 116 Å². The van der Waals surface area contributed by atoms with Crippen molar-refractivity contribution in [2.24, 2.45) is 0 Å². The van der Waals surface area contributed by atoms with Gasteiger partial charge in [0, 0.05) is 0 Å². The first-order chi connectivity index (χ1) is 9.13. The van der Waals surface area contributed by atoms with Gasteiger partial charge in [-0.1, -0.05) is 23.9 Å². The zero-order valence-corrected chi connectivity index (χ0v) is 11.9. The lowest BCUT2D eigenvalue weighted by Gasteiger charge is -2.11. The van der Waals surface area contributed by atoms with Crippen LogP contribution in [0.3, 0.4) is 0 Å². The number of thioether (sulfide) groups is 1. The number of benzene rings is 1. The van der Waals surface area contributed by atoms with Crippen LogP contribution < -0.4 is 4.74 Å². The van der Waals surface area contributed by atoms with Crippen LogP contribution in [0.15, 0.2) is 29.4 Å². The van der Waals surface area contributed by atoms with E-state index in [9.17, 15) is 4.79 Å². The minimum absolute atomic E-state index is 0.109. The Morgan fingerprint density at radius 1 is 1.37 bits per heavy atom. The summed E-state index contributed by atoms with van der Waals surface area (Å²) < 4.78 is 7.25. The molecule has 0 fully saturated rings. The number of aromatic nitrogens is 3. The van der Waals surface area contributed by atoms with Gasteiger partial charge in [0.15, 0.2) is 5.16 Å².